The van der Waals surface area contributed by atoms with Crippen molar-refractivity contribution < 1.29 is 9.59 Å². The Balaban J connectivity index is 1.39. The van der Waals surface area contributed by atoms with Crippen molar-refractivity contribution in [1.82, 2.24) is 20.3 Å². The van der Waals surface area contributed by atoms with Crippen molar-refractivity contribution in [3.63, 3.8) is 0 Å². The number of thiazole rings is 1. The first-order valence-electron chi connectivity index (χ1n) is 11.4. The van der Waals surface area contributed by atoms with Gasteiger partial charge >= 0.3 is 0 Å². The lowest BCUT2D eigenvalue weighted by molar-refractivity contribution is -0.119. The minimum absolute atomic E-state index is 0.0685. The van der Waals surface area contributed by atoms with Gasteiger partial charge in [0, 0.05) is 41.2 Å². The Hall–Kier alpha value is -4.43. The third kappa shape index (κ3) is 4.99. The third-order valence-electron chi connectivity index (χ3n) is 5.77. The van der Waals surface area contributed by atoms with Crippen LogP contribution in [0.15, 0.2) is 84.5 Å². The molecule has 0 spiro atoms. The summed E-state index contributed by atoms with van der Waals surface area (Å²) >= 11 is 1.37. The summed E-state index contributed by atoms with van der Waals surface area (Å²) in [6, 6.07) is 20.9. The molecule has 0 aliphatic carbocycles. The standard InChI is InChI=1S/C28H23N5O2S/c1-17(30-18(2)34)19-9-11-20(12-10-19)26-16-36-28(32-26)33-27(35)23-14-25(21-6-5-13-29-15-21)31-24-8-4-3-7-22(23)24/h3-17H,1-2H3,(H,30,34)(H,32,33,35). The number of nitrogens with zero attached hydrogens (tertiary/aromatic N) is 3. The van der Waals surface area contributed by atoms with Crippen LogP contribution in [-0.4, -0.2) is 26.8 Å². The zero-order valence-electron chi connectivity index (χ0n) is 19.7. The van der Waals surface area contributed by atoms with Crippen LogP contribution in [0.1, 0.15) is 35.8 Å². The van der Waals surface area contributed by atoms with Crippen LogP contribution in [-0.2, 0) is 4.79 Å². The summed E-state index contributed by atoms with van der Waals surface area (Å²) in [5.41, 5.74) is 5.48. The van der Waals surface area contributed by atoms with E-state index in [0.717, 1.165) is 33.3 Å². The highest BCUT2D eigenvalue weighted by molar-refractivity contribution is 7.14. The zero-order valence-corrected chi connectivity index (χ0v) is 20.5. The first-order valence-corrected chi connectivity index (χ1v) is 12.3. The lowest BCUT2D eigenvalue weighted by atomic mass is 10.0. The largest absolute Gasteiger partial charge is 0.350 e. The molecule has 0 radical (unpaired) electrons. The fourth-order valence-corrected chi connectivity index (χ4v) is 4.70. The van der Waals surface area contributed by atoms with Gasteiger partial charge < -0.3 is 5.32 Å². The Labute approximate surface area is 212 Å². The van der Waals surface area contributed by atoms with Gasteiger partial charge in [-0.25, -0.2) is 9.97 Å². The number of rotatable bonds is 6. The van der Waals surface area contributed by atoms with Crippen LogP contribution in [0, 0.1) is 0 Å². The predicted octanol–water partition coefficient (Wildman–Crippen LogP) is 5.87. The molecule has 5 aromatic rings. The van der Waals surface area contributed by atoms with Crippen molar-refractivity contribution in [2.24, 2.45) is 0 Å². The molecular formula is C28H23N5O2S. The number of hydrogen-bond donors (Lipinski definition) is 2. The van der Waals surface area contributed by atoms with Gasteiger partial charge in [0.2, 0.25) is 5.91 Å². The van der Waals surface area contributed by atoms with Gasteiger partial charge in [-0.1, -0.05) is 42.5 Å². The maximum absolute atomic E-state index is 13.3. The summed E-state index contributed by atoms with van der Waals surface area (Å²) in [5.74, 6) is -0.319. The van der Waals surface area contributed by atoms with E-state index in [9.17, 15) is 9.59 Å². The van der Waals surface area contributed by atoms with E-state index in [2.05, 4.69) is 20.6 Å². The molecule has 2 N–H and O–H groups in total. The average molecular weight is 494 g/mol. The number of anilines is 1. The van der Waals surface area contributed by atoms with E-state index in [4.69, 9.17) is 4.98 Å². The van der Waals surface area contributed by atoms with Crippen LogP contribution in [0.25, 0.3) is 33.4 Å². The molecule has 0 saturated carbocycles. The molecule has 2 amide bonds. The number of amides is 2. The predicted molar refractivity (Wildman–Crippen MR) is 143 cm³/mol. The number of carbonyl (C=O) groups excluding carboxylic acids is 2. The zero-order chi connectivity index (χ0) is 25.1. The fraction of sp³-hybridized carbons (Fsp3) is 0.107. The molecule has 0 saturated heterocycles. The third-order valence-corrected chi connectivity index (χ3v) is 6.53. The topological polar surface area (TPSA) is 96.9 Å². The van der Waals surface area contributed by atoms with E-state index in [-0.39, 0.29) is 17.9 Å². The lowest BCUT2D eigenvalue weighted by Crippen LogP contribution is -2.23. The number of carbonyl (C=O) groups is 2. The SMILES string of the molecule is CC(=O)NC(C)c1ccc(-c2csc(NC(=O)c3cc(-c4cccnc4)nc4ccccc34)n2)cc1. The van der Waals surface area contributed by atoms with Crippen molar-refractivity contribution in [2.75, 3.05) is 5.32 Å². The van der Waals surface area contributed by atoms with Gasteiger partial charge in [0.25, 0.3) is 5.91 Å². The molecular weight excluding hydrogens is 470 g/mol. The monoisotopic (exact) mass is 493 g/mol. The lowest BCUT2D eigenvalue weighted by Gasteiger charge is -2.13. The van der Waals surface area contributed by atoms with Gasteiger partial charge in [-0.3, -0.25) is 19.9 Å². The molecule has 8 heteroatoms. The molecule has 2 aromatic carbocycles. The summed E-state index contributed by atoms with van der Waals surface area (Å²) in [5, 5.41) is 9.01. The number of aromatic nitrogens is 3. The van der Waals surface area contributed by atoms with E-state index in [1.165, 1.54) is 18.3 Å². The number of nitrogens with one attached hydrogen (secondary N) is 2. The van der Waals surface area contributed by atoms with Crippen LogP contribution in [0.5, 0.6) is 0 Å². The Morgan fingerprint density at radius 2 is 1.72 bits per heavy atom. The molecule has 1 atom stereocenters. The van der Waals surface area contributed by atoms with Crippen LogP contribution < -0.4 is 10.6 Å². The quantitative estimate of drug-likeness (QED) is 0.308. The Bertz CT molecular complexity index is 1550. The van der Waals surface area contributed by atoms with Crippen molar-refractivity contribution in [2.45, 2.75) is 19.9 Å². The van der Waals surface area contributed by atoms with Gasteiger partial charge in [-0.2, -0.15) is 0 Å². The number of para-hydroxylation sites is 1. The molecule has 0 aliphatic heterocycles. The second kappa shape index (κ2) is 10.1. The van der Waals surface area contributed by atoms with Gasteiger partial charge in [-0.05, 0) is 36.8 Å². The number of hydrogen-bond acceptors (Lipinski definition) is 6. The average Bonchev–Trinajstić information content (AvgIpc) is 3.36. The van der Waals surface area contributed by atoms with E-state index >= 15 is 0 Å². The van der Waals surface area contributed by atoms with Crippen LogP contribution in [0.2, 0.25) is 0 Å². The highest BCUT2D eigenvalue weighted by Crippen LogP contribution is 2.28. The van der Waals surface area contributed by atoms with Crippen molar-refractivity contribution >= 4 is 39.2 Å². The van der Waals surface area contributed by atoms with Crippen LogP contribution >= 0.6 is 11.3 Å². The van der Waals surface area contributed by atoms with Crippen molar-refractivity contribution in [3.8, 4) is 22.5 Å². The molecule has 3 aromatic heterocycles. The van der Waals surface area contributed by atoms with Crippen molar-refractivity contribution in [3.05, 3.63) is 95.6 Å². The van der Waals surface area contributed by atoms with Gasteiger partial charge in [0.1, 0.15) is 0 Å². The molecule has 7 nitrogen and oxygen atoms in total. The minimum Gasteiger partial charge on any atom is -0.350 e. The molecule has 0 bridgehead atoms. The van der Waals surface area contributed by atoms with E-state index in [1.54, 1.807) is 18.5 Å². The summed E-state index contributed by atoms with van der Waals surface area (Å²) in [6.07, 6.45) is 3.43. The highest BCUT2D eigenvalue weighted by Gasteiger charge is 2.16. The van der Waals surface area contributed by atoms with Gasteiger partial charge in [-0.15, -0.1) is 11.3 Å². The molecule has 178 valence electrons. The minimum atomic E-state index is -0.251. The van der Waals surface area contributed by atoms with Crippen LogP contribution in [0.4, 0.5) is 5.13 Å². The summed E-state index contributed by atoms with van der Waals surface area (Å²) in [7, 11) is 0. The van der Waals surface area contributed by atoms with Crippen molar-refractivity contribution in [1.29, 1.82) is 0 Å². The maximum atomic E-state index is 13.3. The molecule has 36 heavy (non-hydrogen) atoms. The summed E-state index contributed by atoms with van der Waals surface area (Å²) in [4.78, 5) is 38.2. The first-order chi connectivity index (χ1) is 17.5. The molecule has 0 fully saturated rings. The maximum Gasteiger partial charge on any atom is 0.258 e. The molecule has 5 rings (SSSR count). The Morgan fingerprint density at radius 3 is 2.47 bits per heavy atom. The number of benzene rings is 2. The van der Waals surface area contributed by atoms with Gasteiger partial charge in [0.05, 0.1) is 28.5 Å². The smallest absolute Gasteiger partial charge is 0.258 e. The van der Waals surface area contributed by atoms with Crippen LogP contribution in [0.3, 0.4) is 0 Å². The number of pyridine rings is 2. The second-order valence-electron chi connectivity index (χ2n) is 8.35. The Kier molecular flexibility index (Phi) is 6.51. The molecule has 0 aliphatic rings. The Morgan fingerprint density at radius 1 is 0.917 bits per heavy atom. The molecule has 3 heterocycles. The second-order valence-corrected chi connectivity index (χ2v) is 9.21. The summed E-state index contributed by atoms with van der Waals surface area (Å²) < 4.78 is 0. The normalized spacial score (nSPS) is 11.7. The summed E-state index contributed by atoms with van der Waals surface area (Å²) in [6.45, 7) is 3.44. The van der Waals surface area contributed by atoms with E-state index < -0.39 is 0 Å². The fourth-order valence-electron chi connectivity index (χ4n) is 3.98. The number of fused-ring (bicyclic) bond motifs is 1. The van der Waals surface area contributed by atoms with E-state index in [0.29, 0.717) is 16.4 Å². The van der Waals surface area contributed by atoms with E-state index in [1.807, 2.05) is 73.0 Å². The highest BCUT2D eigenvalue weighted by atomic mass is 32.1. The van der Waals surface area contributed by atoms with Gasteiger partial charge in [0.15, 0.2) is 5.13 Å². The molecule has 1 unspecified atom stereocenters. The first kappa shape index (κ1) is 23.3.